The van der Waals surface area contributed by atoms with Gasteiger partial charge >= 0.3 is 11.9 Å². The van der Waals surface area contributed by atoms with Crippen LogP contribution in [0.5, 0.6) is 0 Å². The molecule has 0 aromatic rings. The zero-order valence-corrected chi connectivity index (χ0v) is 16.1. The molecule has 1 atom stereocenters. The zero-order chi connectivity index (χ0) is 19.6. The van der Waals surface area contributed by atoms with Gasteiger partial charge in [-0.05, 0) is 46.2 Å². The molecule has 0 radical (unpaired) electrons. The van der Waals surface area contributed by atoms with Gasteiger partial charge in [0.2, 0.25) is 0 Å². The molecule has 0 rings (SSSR count). The van der Waals surface area contributed by atoms with E-state index in [9.17, 15) is 9.59 Å². The van der Waals surface area contributed by atoms with E-state index < -0.39 is 17.5 Å². The summed E-state index contributed by atoms with van der Waals surface area (Å²) in [7, 11) is 1.33. The summed E-state index contributed by atoms with van der Waals surface area (Å²) in [4.78, 5) is 25.8. The first kappa shape index (κ1) is 22.7. The van der Waals surface area contributed by atoms with E-state index in [2.05, 4.69) is 19.7 Å². The third-order valence-corrected chi connectivity index (χ3v) is 3.39. The Morgan fingerprint density at radius 2 is 1.80 bits per heavy atom. The van der Waals surface area contributed by atoms with Crippen LogP contribution in [0.3, 0.4) is 0 Å². The lowest BCUT2D eigenvalue weighted by molar-refractivity contribution is -0.150. The van der Waals surface area contributed by atoms with Crippen LogP contribution in [0.2, 0.25) is 0 Å². The van der Waals surface area contributed by atoms with Gasteiger partial charge in [0.1, 0.15) is 5.60 Å². The molecule has 0 bridgehead atoms. The van der Waals surface area contributed by atoms with Crippen molar-refractivity contribution in [2.24, 2.45) is 0 Å². The monoisotopic (exact) mass is 349 g/mol. The topological polar surface area (TPSA) is 55.8 Å². The Morgan fingerprint density at radius 1 is 1.20 bits per heavy atom. The Balaban J connectivity index is 5.29. The standard InChI is InChI=1S/C20H31NO4/c1-9-12-16(19(23)24-8)14-21(11-3)17(10-2)13-15(4)18(22)25-20(5,6)7/h9,11,14,17H,1,3-4,10,12-13H2,2,5-8H3/b16-14+. The van der Waals surface area contributed by atoms with Crippen LogP contribution in [0.15, 0.2) is 49.4 Å². The summed E-state index contributed by atoms with van der Waals surface area (Å²) in [5.74, 6) is -0.842. The molecule has 0 aliphatic heterocycles. The van der Waals surface area contributed by atoms with Crippen molar-refractivity contribution in [3.05, 3.63) is 49.4 Å². The van der Waals surface area contributed by atoms with Crippen LogP contribution in [0.25, 0.3) is 0 Å². The molecule has 0 saturated heterocycles. The molecule has 5 heteroatoms. The van der Waals surface area contributed by atoms with Crippen LogP contribution >= 0.6 is 0 Å². The molecular formula is C20H31NO4. The van der Waals surface area contributed by atoms with Gasteiger partial charge in [0.15, 0.2) is 0 Å². The summed E-state index contributed by atoms with van der Waals surface area (Å²) in [6, 6.07) is -0.0815. The number of carbonyl (C=O) groups is 2. The molecule has 1 unspecified atom stereocenters. The maximum atomic E-state index is 12.1. The fraction of sp³-hybridized carbons (Fsp3) is 0.500. The largest absolute Gasteiger partial charge is 0.466 e. The van der Waals surface area contributed by atoms with Crippen molar-refractivity contribution in [2.75, 3.05) is 7.11 Å². The first-order valence-corrected chi connectivity index (χ1v) is 8.30. The van der Waals surface area contributed by atoms with E-state index in [1.165, 1.54) is 7.11 Å². The first-order valence-electron chi connectivity index (χ1n) is 8.30. The van der Waals surface area contributed by atoms with E-state index >= 15 is 0 Å². The average molecular weight is 349 g/mol. The molecule has 140 valence electrons. The second-order valence-electron chi connectivity index (χ2n) is 6.64. The number of rotatable bonds is 10. The zero-order valence-electron chi connectivity index (χ0n) is 16.1. The van der Waals surface area contributed by atoms with E-state index in [1.54, 1.807) is 23.4 Å². The van der Waals surface area contributed by atoms with Gasteiger partial charge in [-0.15, -0.1) is 6.58 Å². The Labute approximate surface area is 151 Å². The van der Waals surface area contributed by atoms with Crippen LogP contribution in [0.4, 0.5) is 0 Å². The highest BCUT2D eigenvalue weighted by Crippen LogP contribution is 2.20. The molecule has 0 N–H and O–H groups in total. The van der Waals surface area contributed by atoms with Crippen molar-refractivity contribution in [1.82, 2.24) is 4.90 Å². The van der Waals surface area contributed by atoms with Crippen molar-refractivity contribution in [3.8, 4) is 0 Å². The number of esters is 2. The number of carbonyl (C=O) groups excluding carboxylic acids is 2. The summed E-state index contributed by atoms with van der Waals surface area (Å²) < 4.78 is 10.1. The van der Waals surface area contributed by atoms with Gasteiger partial charge < -0.3 is 14.4 Å². The van der Waals surface area contributed by atoms with Crippen LogP contribution in [-0.2, 0) is 19.1 Å². The van der Waals surface area contributed by atoms with Gasteiger partial charge in [0.05, 0.1) is 12.7 Å². The Hall–Kier alpha value is -2.30. The van der Waals surface area contributed by atoms with E-state index in [1.807, 2.05) is 27.7 Å². The summed E-state index contributed by atoms with van der Waals surface area (Å²) in [6.07, 6.45) is 6.42. The highest BCUT2D eigenvalue weighted by atomic mass is 16.6. The molecule has 0 aromatic heterocycles. The molecule has 25 heavy (non-hydrogen) atoms. The minimum Gasteiger partial charge on any atom is -0.466 e. The molecular weight excluding hydrogens is 318 g/mol. The van der Waals surface area contributed by atoms with E-state index in [4.69, 9.17) is 9.47 Å². The number of ether oxygens (including phenoxy) is 2. The fourth-order valence-corrected chi connectivity index (χ4v) is 2.14. The summed E-state index contributed by atoms with van der Waals surface area (Å²) >= 11 is 0. The fourth-order valence-electron chi connectivity index (χ4n) is 2.14. The smallest absolute Gasteiger partial charge is 0.335 e. The van der Waals surface area contributed by atoms with Gasteiger partial charge in [0.25, 0.3) is 0 Å². The maximum absolute atomic E-state index is 12.1. The van der Waals surface area contributed by atoms with Gasteiger partial charge in [-0.2, -0.15) is 0 Å². The second-order valence-corrected chi connectivity index (χ2v) is 6.64. The lowest BCUT2D eigenvalue weighted by Crippen LogP contribution is -2.30. The summed E-state index contributed by atoms with van der Waals surface area (Å²) in [5, 5.41) is 0. The number of methoxy groups -OCH3 is 1. The Bertz CT molecular complexity index is 540. The average Bonchev–Trinajstić information content (AvgIpc) is 2.54. The summed E-state index contributed by atoms with van der Waals surface area (Å²) in [5.41, 5.74) is 0.269. The van der Waals surface area contributed by atoms with Crippen molar-refractivity contribution >= 4 is 11.9 Å². The second kappa shape index (κ2) is 10.5. The van der Waals surface area contributed by atoms with Gasteiger partial charge in [-0.1, -0.05) is 26.2 Å². The SMILES string of the molecule is C=CC/C(=C\N(C=C)C(CC)CC(=C)C(=O)OC(C)(C)C)C(=O)OC. The Kier molecular flexibility index (Phi) is 9.57. The Morgan fingerprint density at radius 3 is 2.20 bits per heavy atom. The summed E-state index contributed by atoms with van der Waals surface area (Å²) in [6.45, 7) is 18.7. The third kappa shape index (κ3) is 8.38. The first-order chi connectivity index (χ1) is 11.6. The van der Waals surface area contributed by atoms with Crippen molar-refractivity contribution < 1.29 is 19.1 Å². The maximum Gasteiger partial charge on any atom is 0.335 e. The van der Waals surface area contributed by atoms with Crippen molar-refractivity contribution in [3.63, 3.8) is 0 Å². The molecule has 0 amide bonds. The van der Waals surface area contributed by atoms with Crippen LogP contribution in [0, 0.1) is 0 Å². The minimum absolute atomic E-state index is 0.0815. The molecule has 0 saturated carbocycles. The van der Waals surface area contributed by atoms with Crippen LogP contribution in [0.1, 0.15) is 47.0 Å². The van der Waals surface area contributed by atoms with E-state index in [0.717, 1.165) is 6.42 Å². The van der Waals surface area contributed by atoms with E-state index in [-0.39, 0.29) is 6.04 Å². The van der Waals surface area contributed by atoms with E-state index in [0.29, 0.717) is 24.0 Å². The number of hydrogen-bond acceptors (Lipinski definition) is 5. The van der Waals surface area contributed by atoms with Gasteiger partial charge in [-0.3, -0.25) is 0 Å². The van der Waals surface area contributed by atoms with Gasteiger partial charge in [-0.25, -0.2) is 9.59 Å². The normalized spacial score (nSPS) is 12.8. The van der Waals surface area contributed by atoms with Crippen LogP contribution in [-0.4, -0.2) is 35.6 Å². The van der Waals surface area contributed by atoms with Gasteiger partial charge in [0, 0.05) is 17.8 Å². The molecule has 0 spiro atoms. The highest BCUT2D eigenvalue weighted by Gasteiger charge is 2.23. The van der Waals surface area contributed by atoms with Crippen molar-refractivity contribution in [2.45, 2.75) is 58.6 Å². The molecule has 0 aromatic carbocycles. The molecule has 0 fully saturated rings. The van der Waals surface area contributed by atoms with Crippen LogP contribution < -0.4 is 0 Å². The predicted octanol–water partition coefficient (Wildman–Crippen LogP) is 4.13. The predicted molar refractivity (Wildman–Crippen MR) is 101 cm³/mol. The number of nitrogens with zero attached hydrogens (tertiary/aromatic N) is 1. The molecule has 0 aliphatic carbocycles. The molecule has 0 heterocycles. The van der Waals surface area contributed by atoms with Crippen molar-refractivity contribution in [1.29, 1.82) is 0 Å². The minimum atomic E-state index is -0.568. The quantitative estimate of drug-likeness (QED) is 0.337. The molecule has 0 aliphatic rings. The lowest BCUT2D eigenvalue weighted by Gasteiger charge is -2.28. The number of hydrogen-bond donors (Lipinski definition) is 0. The lowest BCUT2D eigenvalue weighted by atomic mass is 10.0. The number of allylic oxidation sites excluding steroid dienone is 1. The molecule has 5 nitrogen and oxygen atoms in total. The highest BCUT2D eigenvalue weighted by molar-refractivity contribution is 5.89. The third-order valence-electron chi connectivity index (χ3n) is 3.39.